The number of nitriles is 1. The first-order valence-corrected chi connectivity index (χ1v) is 5.84. The number of hydrogen-bond acceptors (Lipinski definition) is 3. The smallest absolute Gasteiger partial charge is 0.255 e. The van der Waals surface area contributed by atoms with E-state index in [9.17, 15) is 4.79 Å². The summed E-state index contributed by atoms with van der Waals surface area (Å²) in [6.07, 6.45) is 0. The summed E-state index contributed by atoms with van der Waals surface area (Å²) >= 11 is 5.97. The highest BCUT2D eigenvalue weighted by Gasteiger charge is 2.09. The molecule has 5 heteroatoms. The van der Waals surface area contributed by atoms with E-state index in [2.05, 4.69) is 5.32 Å². The van der Waals surface area contributed by atoms with Crippen LogP contribution in [0.2, 0.25) is 5.02 Å². The zero-order valence-electron chi connectivity index (χ0n) is 9.85. The van der Waals surface area contributed by atoms with Gasteiger partial charge in [0.2, 0.25) is 0 Å². The molecule has 1 amide bonds. The highest BCUT2D eigenvalue weighted by Crippen LogP contribution is 2.24. The molecule has 0 atom stereocenters. The van der Waals surface area contributed by atoms with Crippen molar-refractivity contribution >= 4 is 28.9 Å². The van der Waals surface area contributed by atoms with Crippen LogP contribution in [0.4, 0.5) is 11.4 Å². The molecule has 0 spiro atoms. The Morgan fingerprint density at radius 3 is 2.74 bits per heavy atom. The fourth-order valence-electron chi connectivity index (χ4n) is 1.56. The van der Waals surface area contributed by atoms with Gasteiger partial charge in [-0.15, -0.1) is 0 Å². The molecule has 0 bridgehead atoms. The maximum absolute atomic E-state index is 12.0. The number of amides is 1. The van der Waals surface area contributed by atoms with E-state index >= 15 is 0 Å². The lowest BCUT2D eigenvalue weighted by molar-refractivity contribution is 0.102. The lowest BCUT2D eigenvalue weighted by atomic mass is 10.1. The molecule has 0 fully saturated rings. The molecule has 0 heterocycles. The van der Waals surface area contributed by atoms with Crippen molar-refractivity contribution in [3.05, 3.63) is 58.6 Å². The Morgan fingerprint density at radius 1 is 1.26 bits per heavy atom. The summed E-state index contributed by atoms with van der Waals surface area (Å²) < 4.78 is 0. The van der Waals surface area contributed by atoms with Crippen molar-refractivity contribution in [2.45, 2.75) is 0 Å². The predicted molar refractivity (Wildman–Crippen MR) is 75.0 cm³/mol. The van der Waals surface area contributed by atoms with Crippen LogP contribution in [0.15, 0.2) is 42.5 Å². The summed E-state index contributed by atoms with van der Waals surface area (Å²) in [5.74, 6) is -0.330. The fraction of sp³-hybridized carbons (Fsp3) is 0. The third-order valence-corrected chi connectivity index (χ3v) is 2.81. The minimum absolute atomic E-state index is 0.330. The molecule has 4 nitrogen and oxygen atoms in total. The van der Waals surface area contributed by atoms with Crippen LogP contribution < -0.4 is 11.1 Å². The summed E-state index contributed by atoms with van der Waals surface area (Å²) in [5, 5.41) is 11.8. The summed E-state index contributed by atoms with van der Waals surface area (Å²) in [5.41, 5.74) is 7.39. The molecule has 0 radical (unpaired) electrons. The topological polar surface area (TPSA) is 78.9 Å². The number of benzene rings is 2. The summed E-state index contributed by atoms with van der Waals surface area (Å²) in [4.78, 5) is 12.0. The van der Waals surface area contributed by atoms with Gasteiger partial charge in [0.05, 0.1) is 22.3 Å². The Bertz CT molecular complexity index is 677. The second-order valence-electron chi connectivity index (χ2n) is 3.89. The van der Waals surface area contributed by atoms with Crippen molar-refractivity contribution in [3.8, 4) is 6.07 Å². The molecule has 0 aromatic heterocycles. The van der Waals surface area contributed by atoms with Crippen LogP contribution in [-0.4, -0.2) is 5.91 Å². The molecule has 2 aromatic carbocycles. The first kappa shape index (κ1) is 12.9. The van der Waals surface area contributed by atoms with Gasteiger partial charge in [0.1, 0.15) is 0 Å². The standard InChI is InChI=1S/C14H10ClN3O/c15-12-7-11(17)4-5-13(12)18-14(19)10-3-1-2-9(6-10)8-16/h1-7H,17H2,(H,18,19). The number of nitrogens with zero attached hydrogens (tertiary/aromatic N) is 1. The predicted octanol–water partition coefficient (Wildman–Crippen LogP) is 3.05. The average molecular weight is 272 g/mol. The van der Waals surface area contributed by atoms with Gasteiger partial charge >= 0.3 is 0 Å². The van der Waals surface area contributed by atoms with Crippen LogP contribution in [0.5, 0.6) is 0 Å². The van der Waals surface area contributed by atoms with Gasteiger partial charge in [0.25, 0.3) is 5.91 Å². The van der Waals surface area contributed by atoms with Crippen molar-refractivity contribution in [2.75, 3.05) is 11.1 Å². The Kier molecular flexibility index (Phi) is 3.69. The quantitative estimate of drug-likeness (QED) is 0.824. The van der Waals surface area contributed by atoms with E-state index in [-0.39, 0.29) is 5.91 Å². The number of rotatable bonds is 2. The molecule has 2 aromatic rings. The average Bonchev–Trinajstić information content (AvgIpc) is 2.42. The molecular formula is C14H10ClN3O. The van der Waals surface area contributed by atoms with E-state index < -0.39 is 0 Å². The number of hydrogen-bond donors (Lipinski definition) is 2. The number of carbonyl (C=O) groups is 1. The molecule has 0 aliphatic heterocycles. The Balaban J connectivity index is 2.23. The molecule has 3 N–H and O–H groups in total. The minimum atomic E-state index is -0.330. The number of nitrogens with two attached hydrogens (primary N) is 1. The third-order valence-electron chi connectivity index (χ3n) is 2.50. The van der Waals surface area contributed by atoms with Crippen LogP contribution in [0, 0.1) is 11.3 Å². The monoisotopic (exact) mass is 271 g/mol. The third kappa shape index (κ3) is 3.03. The lowest BCUT2D eigenvalue weighted by Gasteiger charge is -2.08. The van der Waals surface area contributed by atoms with Crippen LogP contribution in [0.3, 0.4) is 0 Å². The zero-order valence-corrected chi connectivity index (χ0v) is 10.6. The number of carbonyl (C=O) groups excluding carboxylic acids is 1. The van der Waals surface area contributed by atoms with Crippen LogP contribution >= 0.6 is 11.6 Å². The van der Waals surface area contributed by atoms with Crippen LogP contribution in [0.25, 0.3) is 0 Å². The first-order valence-electron chi connectivity index (χ1n) is 5.46. The normalized spacial score (nSPS) is 9.68. The van der Waals surface area contributed by atoms with Gasteiger partial charge < -0.3 is 11.1 Å². The van der Waals surface area contributed by atoms with Crippen LogP contribution in [-0.2, 0) is 0 Å². The number of halogens is 1. The first-order chi connectivity index (χ1) is 9.10. The second kappa shape index (κ2) is 5.42. The molecule has 0 aliphatic rings. The molecule has 19 heavy (non-hydrogen) atoms. The fourth-order valence-corrected chi connectivity index (χ4v) is 1.79. The SMILES string of the molecule is N#Cc1cccc(C(=O)Nc2ccc(N)cc2Cl)c1. The molecule has 0 saturated carbocycles. The van der Waals surface area contributed by atoms with Gasteiger partial charge in [-0.2, -0.15) is 5.26 Å². The van der Waals surface area contributed by atoms with Gasteiger partial charge in [-0.25, -0.2) is 0 Å². The summed E-state index contributed by atoms with van der Waals surface area (Å²) in [6, 6.07) is 13.2. The van der Waals surface area contributed by atoms with Crippen LogP contribution in [0.1, 0.15) is 15.9 Å². The van der Waals surface area contributed by atoms with E-state index in [1.165, 1.54) is 6.07 Å². The van der Waals surface area contributed by atoms with Crippen molar-refractivity contribution in [2.24, 2.45) is 0 Å². The van der Waals surface area contributed by atoms with Gasteiger partial charge in [-0.3, -0.25) is 4.79 Å². The second-order valence-corrected chi connectivity index (χ2v) is 4.29. The van der Waals surface area contributed by atoms with Gasteiger partial charge in [-0.05, 0) is 36.4 Å². The van der Waals surface area contributed by atoms with Crippen molar-refractivity contribution in [1.82, 2.24) is 0 Å². The van der Waals surface area contributed by atoms with E-state index in [4.69, 9.17) is 22.6 Å². The largest absolute Gasteiger partial charge is 0.399 e. The maximum Gasteiger partial charge on any atom is 0.255 e. The summed E-state index contributed by atoms with van der Waals surface area (Å²) in [7, 11) is 0. The Morgan fingerprint density at radius 2 is 2.05 bits per heavy atom. The van der Waals surface area contributed by atoms with Crippen molar-refractivity contribution in [1.29, 1.82) is 5.26 Å². The van der Waals surface area contributed by atoms with E-state index in [0.717, 1.165) is 0 Å². The molecule has 2 rings (SSSR count). The molecule has 0 aliphatic carbocycles. The van der Waals surface area contributed by atoms with E-state index in [0.29, 0.717) is 27.5 Å². The van der Waals surface area contributed by atoms with Crippen molar-refractivity contribution in [3.63, 3.8) is 0 Å². The zero-order chi connectivity index (χ0) is 13.8. The maximum atomic E-state index is 12.0. The summed E-state index contributed by atoms with van der Waals surface area (Å²) in [6.45, 7) is 0. The van der Waals surface area contributed by atoms with Gasteiger partial charge in [0, 0.05) is 11.3 Å². The molecule has 0 saturated heterocycles. The van der Waals surface area contributed by atoms with E-state index in [1.807, 2.05) is 6.07 Å². The number of nitrogen functional groups attached to an aromatic ring is 1. The highest BCUT2D eigenvalue weighted by atomic mass is 35.5. The molecule has 0 unspecified atom stereocenters. The Labute approximate surface area is 115 Å². The van der Waals surface area contributed by atoms with Gasteiger partial charge in [-0.1, -0.05) is 17.7 Å². The minimum Gasteiger partial charge on any atom is -0.399 e. The van der Waals surface area contributed by atoms with Crippen molar-refractivity contribution < 1.29 is 4.79 Å². The van der Waals surface area contributed by atoms with Gasteiger partial charge in [0.15, 0.2) is 0 Å². The molecular weight excluding hydrogens is 262 g/mol. The van der Waals surface area contributed by atoms with E-state index in [1.54, 1.807) is 36.4 Å². The number of nitrogens with one attached hydrogen (secondary N) is 1. The highest BCUT2D eigenvalue weighted by molar-refractivity contribution is 6.34. The lowest BCUT2D eigenvalue weighted by Crippen LogP contribution is -2.12. The number of anilines is 2. The molecule has 94 valence electrons. The Hall–Kier alpha value is -2.51.